The summed E-state index contributed by atoms with van der Waals surface area (Å²) in [5, 5.41) is 12.0. The van der Waals surface area contributed by atoms with Crippen LogP contribution < -0.4 is 16.0 Å². The van der Waals surface area contributed by atoms with E-state index in [2.05, 4.69) is 10.2 Å². The Balaban J connectivity index is 2.00. The van der Waals surface area contributed by atoms with Crippen molar-refractivity contribution in [2.45, 2.75) is 6.42 Å². The average molecular weight is 251 g/mol. The van der Waals surface area contributed by atoms with Crippen LogP contribution in [0.15, 0.2) is 18.2 Å². The number of morpholine rings is 1. The van der Waals surface area contributed by atoms with Gasteiger partial charge in [-0.15, -0.1) is 0 Å². The van der Waals surface area contributed by atoms with E-state index in [4.69, 9.17) is 15.6 Å². The number of hydrogen-bond acceptors (Lipinski definition) is 5. The second-order valence-electron chi connectivity index (χ2n) is 4.38. The number of aliphatic hydroxyl groups excluding tert-OH is 1. The lowest BCUT2D eigenvalue weighted by atomic mass is 10.2. The van der Waals surface area contributed by atoms with Crippen LogP contribution in [0.25, 0.3) is 0 Å². The lowest BCUT2D eigenvalue weighted by Crippen LogP contribution is -2.36. The summed E-state index contributed by atoms with van der Waals surface area (Å²) in [6, 6.07) is 6.02. The van der Waals surface area contributed by atoms with Crippen molar-refractivity contribution >= 4 is 17.1 Å². The lowest BCUT2D eigenvalue weighted by molar-refractivity contribution is 0.123. The van der Waals surface area contributed by atoms with Gasteiger partial charge >= 0.3 is 0 Å². The van der Waals surface area contributed by atoms with Crippen molar-refractivity contribution in [3.63, 3.8) is 0 Å². The van der Waals surface area contributed by atoms with E-state index in [1.54, 1.807) is 0 Å². The molecule has 0 bridgehead atoms. The van der Waals surface area contributed by atoms with E-state index in [-0.39, 0.29) is 6.61 Å². The largest absolute Gasteiger partial charge is 0.397 e. The van der Waals surface area contributed by atoms with Gasteiger partial charge in [-0.25, -0.2) is 0 Å². The second-order valence-corrected chi connectivity index (χ2v) is 4.38. The molecule has 1 aliphatic heterocycles. The predicted molar refractivity (Wildman–Crippen MR) is 74.1 cm³/mol. The topological polar surface area (TPSA) is 70.8 Å². The summed E-state index contributed by atoms with van der Waals surface area (Å²) in [7, 11) is 0. The molecule has 1 aromatic rings. The van der Waals surface area contributed by atoms with Gasteiger partial charge in [0.2, 0.25) is 0 Å². The van der Waals surface area contributed by atoms with Crippen LogP contribution in [0.2, 0.25) is 0 Å². The van der Waals surface area contributed by atoms with Crippen LogP contribution >= 0.6 is 0 Å². The number of rotatable bonds is 5. The standard InChI is InChI=1S/C13H21N3O2/c14-12-10-11(15-4-1-7-17)2-3-13(12)16-5-8-18-9-6-16/h2-3,10,15,17H,1,4-9,14H2. The monoisotopic (exact) mass is 251 g/mol. The maximum absolute atomic E-state index is 8.73. The first-order valence-electron chi connectivity index (χ1n) is 6.38. The SMILES string of the molecule is Nc1cc(NCCCO)ccc1N1CCOCC1. The Morgan fingerprint density at radius 2 is 2.11 bits per heavy atom. The molecule has 100 valence electrons. The van der Waals surface area contributed by atoms with Gasteiger partial charge in [0, 0.05) is 31.9 Å². The molecule has 0 aromatic heterocycles. The number of aliphatic hydroxyl groups is 1. The van der Waals surface area contributed by atoms with E-state index >= 15 is 0 Å². The van der Waals surface area contributed by atoms with E-state index in [1.807, 2.05) is 18.2 Å². The summed E-state index contributed by atoms with van der Waals surface area (Å²) in [5.41, 5.74) is 8.94. The minimum absolute atomic E-state index is 0.203. The van der Waals surface area contributed by atoms with Crippen molar-refractivity contribution in [1.82, 2.24) is 0 Å². The zero-order valence-electron chi connectivity index (χ0n) is 10.6. The first kappa shape index (κ1) is 13.0. The van der Waals surface area contributed by atoms with Gasteiger partial charge < -0.3 is 25.8 Å². The van der Waals surface area contributed by atoms with Gasteiger partial charge in [0.05, 0.1) is 24.6 Å². The van der Waals surface area contributed by atoms with Crippen LogP contribution in [0.5, 0.6) is 0 Å². The Bertz CT molecular complexity index is 378. The van der Waals surface area contributed by atoms with Crippen LogP contribution in [0, 0.1) is 0 Å². The smallest absolute Gasteiger partial charge is 0.0642 e. The summed E-state index contributed by atoms with van der Waals surface area (Å²) in [6.45, 7) is 4.26. The van der Waals surface area contributed by atoms with Gasteiger partial charge in [0.1, 0.15) is 0 Å². The van der Waals surface area contributed by atoms with Gasteiger partial charge in [-0.05, 0) is 24.6 Å². The predicted octanol–water partition coefficient (Wildman–Crippen LogP) is 0.900. The molecule has 1 aliphatic rings. The summed E-state index contributed by atoms with van der Waals surface area (Å²) in [4.78, 5) is 2.25. The highest BCUT2D eigenvalue weighted by Crippen LogP contribution is 2.27. The first-order valence-corrected chi connectivity index (χ1v) is 6.38. The molecule has 1 fully saturated rings. The molecule has 1 heterocycles. The third-order valence-electron chi connectivity index (χ3n) is 3.04. The molecule has 0 atom stereocenters. The Morgan fingerprint density at radius 1 is 1.33 bits per heavy atom. The van der Waals surface area contributed by atoms with Gasteiger partial charge in [0.25, 0.3) is 0 Å². The van der Waals surface area contributed by atoms with Crippen molar-refractivity contribution in [1.29, 1.82) is 0 Å². The Morgan fingerprint density at radius 3 is 2.78 bits per heavy atom. The number of anilines is 3. The molecule has 0 amide bonds. The van der Waals surface area contributed by atoms with Crippen LogP contribution in [0.3, 0.4) is 0 Å². The zero-order chi connectivity index (χ0) is 12.8. The van der Waals surface area contributed by atoms with Crippen LogP contribution in [-0.4, -0.2) is 44.6 Å². The fourth-order valence-electron chi connectivity index (χ4n) is 2.07. The molecule has 2 rings (SSSR count). The molecule has 5 nitrogen and oxygen atoms in total. The highest BCUT2D eigenvalue weighted by atomic mass is 16.5. The molecule has 4 N–H and O–H groups in total. The summed E-state index contributed by atoms with van der Waals surface area (Å²) >= 11 is 0. The fourth-order valence-corrected chi connectivity index (χ4v) is 2.07. The number of nitrogens with zero attached hydrogens (tertiary/aromatic N) is 1. The molecular weight excluding hydrogens is 230 g/mol. The Hall–Kier alpha value is -1.46. The van der Waals surface area contributed by atoms with E-state index in [1.165, 1.54) is 0 Å². The second kappa shape index (κ2) is 6.47. The zero-order valence-corrected chi connectivity index (χ0v) is 10.6. The van der Waals surface area contributed by atoms with E-state index < -0.39 is 0 Å². The summed E-state index contributed by atoms with van der Waals surface area (Å²) in [6.07, 6.45) is 0.741. The summed E-state index contributed by atoms with van der Waals surface area (Å²) in [5.74, 6) is 0. The third-order valence-corrected chi connectivity index (χ3v) is 3.04. The lowest BCUT2D eigenvalue weighted by Gasteiger charge is -2.30. The maximum Gasteiger partial charge on any atom is 0.0642 e. The molecule has 5 heteroatoms. The van der Waals surface area contributed by atoms with Crippen molar-refractivity contribution in [3.8, 4) is 0 Å². The highest BCUT2D eigenvalue weighted by molar-refractivity contribution is 5.72. The minimum atomic E-state index is 0.203. The average Bonchev–Trinajstić information content (AvgIpc) is 2.40. The summed E-state index contributed by atoms with van der Waals surface area (Å²) < 4.78 is 5.33. The maximum atomic E-state index is 8.73. The molecule has 0 radical (unpaired) electrons. The number of benzene rings is 1. The molecular formula is C13H21N3O2. The molecule has 0 spiro atoms. The van der Waals surface area contributed by atoms with Gasteiger partial charge in [-0.1, -0.05) is 0 Å². The van der Waals surface area contributed by atoms with Gasteiger partial charge in [-0.2, -0.15) is 0 Å². The molecule has 0 unspecified atom stereocenters. The van der Waals surface area contributed by atoms with Crippen LogP contribution in [-0.2, 0) is 4.74 Å². The van der Waals surface area contributed by atoms with Gasteiger partial charge in [-0.3, -0.25) is 0 Å². The quantitative estimate of drug-likeness (QED) is 0.536. The Labute approximate surface area is 108 Å². The molecule has 18 heavy (non-hydrogen) atoms. The fraction of sp³-hybridized carbons (Fsp3) is 0.538. The first-order chi connectivity index (χ1) is 8.81. The minimum Gasteiger partial charge on any atom is -0.397 e. The van der Waals surface area contributed by atoms with Crippen molar-refractivity contribution in [2.24, 2.45) is 0 Å². The molecule has 0 aliphatic carbocycles. The van der Waals surface area contributed by atoms with E-state index in [0.717, 1.165) is 56.3 Å². The van der Waals surface area contributed by atoms with Crippen molar-refractivity contribution in [3.05, 3.63) is 18.2 Å². The highest BCUT2D eigenvalue weighted by Gasteiger charge is 2.13. The number of nitrogens with two attached hydrogens (primary N) is 1. The van der Waals surface area contributed by atoms with Crippen LogP contribution in [0.1, 0.15) is 6.42 Å². The molecule has 1 saturated heterocycles. The number of hydrogen-bond donors (Lipinski definition) is 3. The van der Waals surface area contributed by atoms with E-state index in [9.17, 15) is 0 Å². The Kier molecular flexibility index (Phi) is 4.66. The normalized spacial score (nSPS) is 15.7. The van der Waals surface area contributed by atoms with Crippen molar-refractivity contribution in [2.75, 3.05) is 55.4 Å². The van der Waals surface area contributed by atoms with Crippen molar-refractivity contribution < 1.29 is 9.84 Å². The number of nitrogen functional groups attached to an aromatic ring is 1. The van der Waals surface area contributed by atoms with Crippen LogP contribution in [0.4, 0.5) is 17.1 Å². The number of nitrogens with one attached hydrogen (secondary N) is 1. The molecule has 1 aromatic carbocycles. The van der Waals surface area contributed by atoms with E-state index in [0.29, 0.717) is 0 Å². The molecule has 0 saturated carbocycles. The third kappa shape index (κ3) is 3.27. The number of ether oxygens (including phenoxy) is 1. The van der Waals surface area contributed by atoms with Gasteiger partial charge in [0.15, 0.2) is 0 Å².